The fourth-order valence-electron chi connectivity index (χ4n) is 1.10. The molecule has 0 saturated heterocycles. The molecule has 0 atom stereocenters. The van der Waals surface area contributed by atoms with Crippen LogP contribution in [0.15, 0.2) is 18.3 Å². The van der Waals surface area contributed by atoms with Gasteiger partial charge in [0, 0.05) is 18.8 Å². The first-order chi connectivity index (χ1) is 6.38. The number of aromatic nitrogens is 1. The van der Waals surface area contributed by atoms with E-state index in [0.29, 0.717) is 12.4 Å². The standard InChI is InChI=1S/C10H14N2O/c11-5-9-3-4-10(12-6-9)13-7-8-1-2-8/h3-4,6,8H,1-2,5,7,11H2. The maximum atomic E-state index is 5.48. The van der Waals surface area contributed by atoms with Gasteiger partial charge in [-0.1, -0.05) is 6.07 Å². The molecule has 1 saturated carbocycles. The second-order valence-electron chi connectivity index (χ2n) is 3.46. The van der Waals surface area contributed by atoms with Crippen LogP contribution in [0.2, 0.25) is 0 Å². The number of rotatable bonds is 4. The Hall–Kier alpha value is -1.09. The Balaban J connectivity index is 1.88. The van der Waals surface area contributed by atoms with Crippen LogP contribution in [0.1, 0.15) is 18.4 Å². The predicted octanol–water partition coefficient (Wildman–Crippen LogP) is 1.33. The highest BCUT2D eigenvalue weighted by molar-refractivity contribution is 5.17. The first kappa shape index (κ1) is 8.51. The maximum Gasteiger partial charge on any atom is 0.213 e. The third-order valence-corrected chi connectivity index (χ3v) is 2.20. The molecule has 0 aromatic carbocycles. The van der Waals surface area contributed by atoms with Gasteiger partial charge in [-0.05, 0) is 24.3 Å². The summed E-state index contributed by atoms with van der Waals surface area (Å²) < 4.78 is 5.48. The molecular weight excluding hydrogens is 164 g/mol. The van der Waals surface area contributed by atoms with Crippen LogP contribution in [-0.4, -0.2) is 11.6 Å². The van der Waals surface area contributed by atoms with Crippen LogP contribution >= 0.6 is 0 Å². The van der Waals surface area contributed by atoms with E-state index in [0.717, 1.165) is 18.1 Å². The molecule has 0 spiro atoms. The minimum Gasteiger partial charge on any atom is -0.477 e. The van der Waals surface area contributed by atoms with Crippen molar-refractivity contribution in [2.24, 2.45) is 11.7 Å². The van der Waals surface area contributed by atoms with Crippen LogP contribution in [-0.2, 0) is 6.54 Å². The minimum atomic E-state index is 0.538. The number of ether oxygens (including phenoxy) is 1. The van der Waals surface area contributed by atoms with Crippen molar-refractivity contribution >= 4 is 0 Å². The normalized spacial score (nSPS) is 15.8. The monoisotopic (exact) mass is 178 g/mol. The average molecular weight is 178 g/mol. The summed E-state index contributed by atoms with van der Waals surface area (Å²) in [6.07, 6.45) is 4.38. The molecule has 2 N–H and O–H groups in total. The quantitative estimate of drug-likeness (QED) is 0.756. The van der Waals surface area contributed by atoms with Crippen LogP contribution < -0.4 is 10.5 Å². The molecule has 1 aliphatic carbocycles. The maximum absolute atomic E-state index is 5.48. The van der Waals surface area contributed by atoms with Crippen LogP contribution in [0, 0.1) is 5.92 Å². The molecule has 1 aromatic rings. The first-order valence-electron chi connectivity index (χ1n) is 4.66. The van der Waals surface area contributed by atoms with Crippen molar-refractivity contribution in [3.8, 4) is 5.88 Å². The predicted molar refractivity (Wildman–Crippen MR) is 50.3 cm³/mol. The van der Waals surface area contributed by atoms with Gasteiger partial charge in [-0.3, -0.25) is 0 Å². The smallest absolute Gasteiger partial charge is 0.213 e. The van der Waals surface area contributed by atoms with Crippen molar-refractivity contribution in [1.29, 1.82) is 0 Å². The van der Waals surface area contributed by atoms with E-state index in [1.165, 1.54) is 12.8 Å². The lowest BCUT2D eigenvalue weighted by Gasteiger charge is -2.03. The zero-order valence-corrected chi connectivity index (χ0v) is 7.57. The molecule has 1 aliphatic rings. The summed E-state index contributed by atoms with van der Waals surface area (Å²) in [5.74, 6) is 1.49. The minimum absolute atomic E-state index is 0.538. The lowest BCUT2D eigenvalue weighted by Crippen LogP contribution is -2.02. The molecule has 0 radical (unpaired) electrons. The largest absolute Gasteiger partial charge is 0.477 e. The second kappa shape index (κ2) is 3.75. The van der Waals surface area contributed by atoms with Gasteiger partial charge < -0.3 is 10.5 Å². The zero-order chi connectivity index (χ0) is 9.10. The highest BCUT2D eigenvalue weighted by atomic mass is 16.5. The van der Waals surface area contributed by atoms with Gasteiger partial charge in [0.05, 0.1) is 6.61 Å². The van der Waals surface area contributed by atoms with Crippen LogP contribution in [0.4, 0.5) is 0 Å². The summed E-state index contributed by atoms with van der Waals surface area (Å²) >= 11 is 0. The molecule has 2 rings (SSSR count). The van der Waals surface area contributed by atoms with Crippen molar-refractivity contribution in [3.63, 3.8) is 0 Å². The third kappa shape index (κ3) is 2.42. The molecule has 3 nitrogen and oxygen atoms in total. The third-order valence-electron chi connectivity index (χ3n) is 2.20. The van der Waals surface area contributed by atoms with E-state index in [1.807, 2.05) is 12.1 Å². The Kier molecular flexibility index (Phi) is 2.45. The van der Waals surface area contributed by atoms with Crippen molar-refractivity contribution < 1.29 is 4.74 Å². The van der Waals surface area contributed by atoms with Crippen molar-refractivity contribution in [1.82, 2.24) is 4.98 Å². The van der Waals surface area contributed by atoms with E-state index in [2.05, 4.69) is 4.98 Å². The Labute approximate surface area is 77.9 Å². The van der Waals surface area contributed by atoms with E-state index in [-0.39, 0.29) is 0 Å². The number of hydrogen-bond donors (Lipinski definition) is 1. The van der Waals surface area contributed by atoms with Gasteiger partial charge in [-0.25, -0.2) is 4.98 Å². The van der Waals surface area contributed by atoms with Gasteiger partial charge >= 0.3 is 0 Å². The zero-order valence-electron chi connectivity index (χ0n) is 7.57. The lowest BCUT2D eigenvalue weighted by molar-refractivity contribution is 0.288. The van der Waals surface area contributed by atoms with Gasteiger partial charge in [0.1, 0.15) is 0 Å². The van der Waals surface area contributed by atoms with Crippen LogP contribution in [0.25, 0.3) is 0 Å². The van der Waals surface area contributed by atoms with Crippen LogP contribution in [0.5, 0.6) is 5.88 Å². The molecule has 0 unspecified atom stereocenters. The van der Waals surface area contributed by atoms with E-state index in [4.69, 9.17) is 10.5 Å². The van der Waals surface area contributed by atoms with Gasteiger partial charge in [0.25, 0.3) is 0 Å². The molecular formula is C10H14N2O. The van der Waals surface area contributed by atoms with E-state index in [1.54, 1.807) is 6.20 Å². The van der Waals surface area contributed by atoms with E-state index < -0.39 is 0 Å². The highest BCUT2D eigenvalue weighted by Gasteiger charge is 2.21. The summed E-state index contributed by atoms with van der Waals surface area (Å²) in [7, 11) is 0. The highest BCUT2D eigenvalue weighted by Crippen LogP contribution is 2.29. The molecule has 13 heavy (non-hydrogen) atoms. The molecule has 0 bridgehead atoms. The SMILES string of the molecule is NCc1ccc(OCC2CC2)nc1. The van der Waals surface area contributed by atoms with Crippen molar-refractivity contribution in [2.45, 2.75) is 19.4 Å². The Bertz CT molecular complexity index is 267. The second-order valence-corrected chi connectivity index (χ2v) is 3.46. The van der Waals surface area contributed by atoms with Gasteiger partial charge in [0.2, 0.25) is 5.88 Å². The van der Waals surface area contributed by atoms with Crippen molar-refractivity contribution in [2.75, 3.05) is 6.61 Å². The molecule has 0 aliphatic heterocycles. The average Bonchev–Trinajstić information content (AvgIpc) is 2.99. The summed E-state index contributed by atoms with van der Waals surface area (Å²) in [4.78, 5) is 4.15. The Morgan fingerprint density at radius 1 is 1.46 bits per heavy atom. The first-order valence-corrected chi connectivity index (χ1v) is 4.66. The number of pyridine rings is 1. The lowest BCUT2D eigenvalue weighted by atomic mass is 10.3. The van der Waals surface area contributed by atoms with Gasteiger partial charge in [-0.15, -0.1) is 0 Å². The van der Waals surface area contributed by atoms with Gasteiger partial charge in [0.15, 0.2) is 0 Å². The summed E-state index contributed by atoms with van der Waals surface area (Å²) in [5, 5.41) is 0. The molecule has 70 valence electrons. The van der Waals surface area contributed by atoms with Crippen molar-refractivity contribution in [3.05, 3.63) is 23.9 Å². The van der Waals surface area contributed by atoms with E-state index >= 15 is 0 Å². The summed E-state index contributed by atoms with van der Waals surface area (Å²) in [6.45, 7) is 1.35. The number of hydrogen-bond acceptors (Lipinski definition) is 3. The Morgan fingerprint density at radius 3 is 2.85 bits per heavy atom. The fourth-order valence-corrected chi connectivity index (χ4v) is 1.10. The fraction of sp³-hybridized carbons (Fsp3) is 0.500. The van der Waals surface area contributed by atoms with Crippen LogP contribution in [0.3, 0.4) is 0 Å². The van der Waals surface area contributed by atoms with Gasteiger partial charge in [-0.2, -0.15) is 0 Å². The Morgan fingerprint density at radius 2 is 2.31 bits per heavy atom. The summed E-state index contributed by atoms with van der Waals surface area (Å²) in [6, 6.07) is 3.83. The molecule has 0 amide bonds. The molecule has 1 aromatic heterocycles. The summed E-state index contributed by atoms with van der Waals surface area (Å²) in [5.41, 5.74) is 6.49. The molecule has 1 heterocycles. The number of nitrogens with two attached hydrogens (primary N) is 1. The topological polar surface area (TPSA) is 48.1 Å². The van der Waals surface area contributed by atoms with E-state index in [9.17, 15) is 0 Å². The number of nitrogens with zero attached hydrogens (tertiary/aromatic N) is 1. The molecule has 3 heteroatoms. The molecule has 1 fully saturated rings.